The summed E-state index contributed by atoms with van der Waals surface area (Å²) >= 11 is 0. The molecular weight excluding hydrogens is 550 g/mol. The Kier molecular flexibility index (Phi) is 7.53. The molecule has 0 aromatic heterocycles. The molecule has 0 saturated heterocycles. The first-order valence-corrected chi connectivity index (χ1v) is 14.4. The topological polar surface area (TPSA) is 173 Å². The van der Waals surface area contributed by atoms with Gasteiger partial charge in [-0.25, -0.2) is 0 Å². The van der Waals surface area contributed by atoms with Gasteiger partial charge in [-0.1, -0.05) is 45.0 Å². The fourth-order valence-corrected chi connectivity index (χ4v) is 6.95. The number of fused-ring (bicyclic) bond motifs is 3. The minimum absolute atomic E-state index is 0.0393. The van der Waals surface area contributed by atoms with Gasteiger partial charge in [-0.3, -0.25) is 19.3 Å². The number of nitrogens with zero attached hydrogens (tertiary/aromatic N) is 1. The van der Waals surface area contributed by atoms with E-state index in [9.17, 15) is 34.8 Å². The summed E-state index contributed by atoms with van der Waals surface area (Å²) in [5.74, 6) is -6.66. The van der Waals surface area contributed by atoms with Crippen molar-refractivity contribution in [1.82, 2.24) is 10.2 Å². The fourth-order valence-electron chi connectivity index (χ4n) is 6.95. The molecule has 0 radical (unpaired) electrons. The normalized spacial score (nSPS) is 25.5. The highest BCUT2D eigenvalue weighted by Crippen LogP contribution is 2.53. The molecule has 2 aromatic rings. The van der Waals surface area contributed by atoms with Crippen LogP contribution in [0.5, 0.6) is 5.75 Å². The number of hydrogen-bond donors (Lipinski definition) is 6. The Hall–Kier alpha value is -3.99. The van der Waals surface area contributed by atoms with Crippen molar-refractivity contribution in [3.63, 3.8) is 0 Å². The fraction of sp³-hybridized carbons (Fsp3) is 0.424. The number of nitrogens with one attached hydrogen (secondary N) is 1. The molecule has 0 heterocycles. The highest BCUT2D eigenvalue weighted by molar-refractivity contribution is 6.24. The van der Waals surface area contributed by atoms with E-state index in [1.165, 1.54) is 11.0 Å². The average Bonchev–Trinajstić information content (AvgIpc) is 2.90. The van der Waals surface area contributed by atoms with Gasteiger partial charge in [0.2, 0.25) is 5.78 Å². The zero-order valence-corrected chi connectivity index (χ0v) is 25.1. The lowest BCUT2D eigenvalue weighted by atomic mass is 9.57. The number of carbonyl (C=O) groups excluding carboxylic acids is 3. The number of aliphatic hydroxyl groups excluding tert-OH is 2. The van der Waals surface area contributed by atoms with E-state index >= 15 is 0 Å². The molecular formula is C33H39N3O7. The second-order valence-electron chi connectivity index (χ2n) is 13.3. The number of phenols is 1. The number of benzene rings is 2. The molecule has 4 atom stereocenters. The Morgan fingerprint density at radius 3 is 2.44 bits per heavy atom. The minimum atomic E-state index is -2.66. The largest absolute Gasteiger partial charge is 0.508 e. The Bertz CT molecular complexity index is 1600. The number of primary amides is 1. The van der Waals surface area contributed by atoms with Crippen molar-refractivity contribution >= 4 is 23.2 Å². The standard InChI is InChI=1S/C33H39N3O7/c1-32(2,3)15-35-14-16-7-6-8-17(11-16)19-9-10-22(37)24-20(19)12-18-13-21-26(36(4)5)28(39)25(31(34)42)30(41)33(21,43)29(40)23(18)27(24)38/h6-11,18,21,26,35,37-38,41,43H,12-15H2,1-5H3,(H2,34,42)/t18-,21-,26-,33-/m0/s1. The van der Waals surface area contributed by atoms with Crippen LogP contribution in [0.2, 0.25) is 0 Å². The predicted molar refractivity (Wildman–Crippen MR) is 161 cm³/mol. The summed E-state index contributed by atoms with van der Waals surface area (Å²) < 4.78 is 0. The molecule has 43 heavy (non-hydrogen) atoms. The second kappa shape index (κ2) is 10.6. The summed E-state index contributed by atoms with van der Waals surface area (Å²) in [6.07, 6.45) is 0.266. The lowest BCUT2D eigenvalue weighted by Gasteiger charge is -2.50. The molecule has 1 amide bonds. The van der Waals surface area contributed by atoms with E-state index in [1.54, 1.807) is 20.2 Å². The molecule has 1 saturated carbocycles. The molecule has 7 N–H and O–H groups in total. The van der Waals surface area contributed by atoms with E-state index in [1.807, 2.05) is 24.3 Å². The molecule has 0 spiro atoms. The van der Waals surface area contributed by atoms with Crippen LogP contribution in [-0.2, 0) is 27.3 Å². The van der Waals surface area contributed by atoms with Crippen molar-refractivity contribution in [3.05, 3.63) is 70.0 Å². The van der Waals surface area contributed by atoms with Gasteiger partial charge in [-0.05, 0) is 72.7 Å². The van der Waals surface area contributed by atoms with Crippen LogP contribution in [0.15, 0.2) is 53.3 Å². The first-order chi connectivity index (χ1) is 20.1. The molecule has 3 aliphatic carbocycles. The first-order valence-electron chi connectivity index (χ1n) is 14.4. The van der Waals surface area contributed by atoms with Gasteiger partial charge in [0.15, 0.2) is 11.4 Å². The smallest absolute Gasteiger partial charge is 0.255 e. The molecule has 228 valence electrons. The number of aromatic hydroxyl groups is 1. The Morgan fingerprint density at radius 1 is 1.12 bits per heavy atom. The van der Waals surface area contributed by atoms with Gasteiger partial charge in [0.1, 0.15) is 22.8 Å². The summed E-state index contributed by atoms with van der Waals surface area (Å²) in [6.45, 7) is 7.95. The number of phenolic OH excluding ortho intramolecular Hbond substituents is 1. The molecule has 0 unspecified atom stereocenters. The number of carbonyl (C=O) groups is 3. The Morgan fingerprint density at radius 2 is 1.81 bits per heavy atom. The third-order valence-electron chi connectivity index (χ3n) is 8.83. The molecule has 3 aliphatic rings. The van der Waals surface area contributed by atoms with Crippen molar-refractivity contribution in [2.75, 3.05) is 20.6 Å². The number of aliphatic hydroxyl groups is 3. The molecule has 10 heteroatoms. The van der Waals surface area contributed by atoms with Gasteiger partial charge in [0.25, 0.3) is 5.91 Å². The van der Waals surface area contributed by atoms with Crippen molar-refractivity contribution in [2.24, 2.45) is 23.0 Å². The maximum Gasteiger partial charge on any atom is 0.255 e. The van der Waals surface area contributed by atoms with Crippen molar-refractivity contribution in [3.8, 4) is 16.9 Å². The number of hydrogen-bond acceptors (Lipinski definition) is 9. The number of nitrogens with two attached hydrogens (primary N) is 1. The van der Waals surface area contributed by atoms with Crippen LogP contribution in [0, 0.1) is 17.3 Å². The van der Waals surface area contributed by atoms with Crippen LogP contribution in [-0.4, -0.2) is 75.1 Å². The third-order valence-corrected chi connectivity index (χ3v) is 8.83. The van der Waals surface area contributed by atoms with Crippen LogP contribution < -0.4 is 11.1 Å². The number of Topliss-reactive ketones (excluding diaryl/α,β-unsaturated/α-hetero) is 2. The number of ketones is 2. The summed E-state index contributed by atoms with van der Waals surface area (Å²) in [4.78, 5) is 41.0. The lowest BCUT2D eigenvalue weighted by molar-refractivity contribution is -0.153. The zero-order chi connectivity index (χ0) is 31.6. The predicted octanol–water partition coefficient (Wildman–Crippen LogP) is 2.77. The Balaban J connectivity index is 1.62. The number of amides is 1. The summed E-state index contributed by atoms with van der Waals surface area (Å²) in [6, 6.07) is 10.0. The maximum absolute atomic E-state index is 14.0. The third kappa shape index (κ3) is 4.93. The first kappa shape index (κ1) is 30.5. The van der Waals surface area contributed by atoms with Gasteiger partial charge in [0.05, 0.1) is 11.6 Å². The SMILES string of the molecule is CN(C)[C@@H]1C(=O)C(C(N)=O)=C(O)[C@@]2(O)C(=O)C3=C(O)c4c(O)ccc(-c5cccc(CNCC(C)(C)C)c5)c4C[C@H]3C[C@@H]12. The molecule has 10 nitrogen and oxygen atoms in total. The van der Waals surface area contributed by atoms with E-state index < -0.39 is 58.0 Å². The van der Waals surface area contributed by atoms with E-state index in [0.717, 1.165) is 23.2 Å². The van der Waals surface area contributed by atoms with E-state index in [0.29, 0.717) is 12.1 Å². The Labute approximate surface area is 250 Å². The highest BCUT2D eigenvalue weighted by atomic mass is 16.3. The van der Waals surface area contributed by atoms with Gasteiger partial charge < -0.3 is 31.5 Å². The van der Waals surface area contributed by atoms with Crippen LogP contribution >= 0.6 is 0 Å². The molecule has 5 rings (SSSR count). The van der Waals surface area contributed by atoms with Crippen molar-refractivity contribution in [2.45, 2.75) is 51.8 Å². The number of likely N-dealkylation sites (N-methyl/N-ethyl adjacent to an activating group) is 1. The van der Waals surface area contributed by atoms with Crippen molar-refractivity contribution < 1.29 is 34.8 Å². The van der Waals surface area contributed by atoms with E-state index in [4.69, 9.17) is 5.73 Å². The molecule has 2 aromatic carbocycles. The molecule has 0 bridgehead atoms. The monoisotopic (exact) mass is 589 g/mol. The van der Waals surface area contributed by atoms with Gasteiger partial charge in [-0.15, -0.1) is 0 Å². The number of rotatable bonds is 6. The van der Waals surface area contributed by atoms with E-state index in [2.05, 4.69) is 26.1 Å². The highest BCUT2D eigenvalue weighted by Gasteiger charge is 2.64. The minimum Gasteiger partial charge on any atom is -0.508 e. The zero-order valence-electron chi connectivity index (χ0n) is 25.1. The molecule has 0 aliphatic heterocycles. The van der Waals surface area contributed by atoms with E-state index in [-0.39, 0.29) is 35.1 Å². The summed E-state index contributed by atoms with van der Waals surface area (Å²) in [5.41, 5.74) is 5.26. The van der Waals surface area contributed by atoms with Crippen LogP contribution in [0.4, 0.5) is 0 Å². The van der Waals surface area contributed by atoms with Gasteiger partial charge in [-0.2, -0.15) is 0 Å². The quantitative estimate of drug-likeness (QED) is 0.277. The van der Waals surface area contributed by atoms with Gasteiger partial charge >= 0.3 is 0 Å². The summed E-state index contributed by atoms with van der Waals surface area (Å²) in [5, 5.41) is 48.7. The summed E-state index contributed by atoms with van der Waals surface area (Å²) in [7, 11) is 3.15. The second-order valence-corrected chi connectivity index (χ2v) is 13.3. The van der Waals surface area contributed by atoms with Crippen LogP contribution in [0.1, 0.15) is 43.9 Å². The van der Waals surface area contributed by atoms with Crippen molar-refractivity contribution in [1.29, 1.82) is 0 Å². The van der Waals surface area contributed by atoms with Crippen LogP contribution in [0.25, 0.3) is 16.9 Å². The maximum atomic E-state index is 14.0. The van der Waals surface area contributed by atoms with Gasteiger partial charge in [0, 0.05) is 24.6 Å². The lowest BCUT2D eigenvalue weighted by Crippen LogP contribution is -2.65. The van der Waals surface area contributed by atoms with Crippen LogP contribution in [0.3, 0.4) is 0 Å². The average molecular weight is 590 g/mol. The molecule has 1 fully saturated rings.